The van der Waals surface area contributed by atoms with Gasteiger partial charge in [0, 0.05) is 17.1 Å². The zero-order valence-electron chi connectivity index (χ0n) is 28.6. The van der Waals surface area contributed by atoms with Crippen molar-refractivity contribution < 1.29 is 105 Å². The van der Waals surface area contributed by atoms with Gasteiger partial charge in [-0.3, -0.25) is 35.1 Å². The molecule has 59 heavy (non-hydrogen) atoms. The number of halogens is 20. The van der Waals surface area contributed by atoms with Crippen LogP contribution in [0.4, 0.5) is 87.8 Å². The van der Waals surface area contributed by atoms with E-state index in [4.69, 9.17) is 0 Å². The molecule has 0 nitrogen and oxygen atoms in total. The molecule has 0 N–H and O–H groups in total. The van der Waals surface area contributed by atoms with Crippen LogP contribution in [0.25, 0.3) is 0 Å². The summed E-state index contributed by atoms with van der Waals surface area (Å²) in [7, 11) is 0. The van der Waals surface area contributed by atoms with Crippen LogP contribution in [0.1, 0.15) is 11.1 Å². The van der Waals surface area contributed by atoms with Crippen LogP contribution in [-0.4, -0.2) is 0 Å². The van der Waals surface area contributed by atoms with Crippen LogP contribution in [-0.2, 0) is 17.1 Å². The zero-order chi connectivity index (χ0) is 44.6. The molecular weight excluding hydrogens is 900 g/mol. The maximum Gasteiger partial charge on any atom is 0.0893 e. The molecule has 0 bridgehead atoms. The molecule has 323 valence electrons. The molecule has 0 amide bonds. The molecule has 1 radical (unpaired) electrons. The predicted molar refractivity (Wildman–Crippen MR) is 163 cm³/mol. The van der Waals surface area contributed by atoms with Crippen molar-refractivity contribution in [2.75, 3.05) is 0 Å². The first-order chi connectivity index (χ1) is 26.9. The first-order valence-electron chi connectivity index (χ1n) is 14.6. The van der Waals surface area contributed by atoms with E-state index in [2.05, 4.69) is 38.1 Å². The molecule has 6 aromatic carbocycles. The van der Waals surface area contributed by atoms with Crippen molar-refractivity contribution in [2.24, 2.45) is 0 Å². The molecule has 0 fully saturated rings. The van der Waals surface area contributed by atoms with E-state index in [9.17, 15) is 87.8 Å². The van der Waals surface area contributed by atoms with Crippen molar-refractivity contribution in [3.8, 4) is 0 Å². The Bertz CT molecular complexity index is 1880. The van der Waals surface area contributed by atoms with Gasteiger partial charge >= 0.3 is 0 Å². The molecule has 0 spiro atoms. The Labute approximate surface area is 330 Å². The number of benzene rings is 6. The van der Waals surface area contributed by atoms with E-state index in [1.54, 1.807) is 0 Å². The van der Waals surface area contributed by atoms with Gasteiger partial charge in [-0.2, -0.15) is 0 Å². The molecule has 0 aromatic heterocycles. The number of rotatable bonds is 0. The van der Waals surface area contributed by atoms with Crippen LogP contribution in [0.15, 0.2) is 60.7 Å². The summed E-state index contributed by atoms with van der Waals surface area (Å²) in [6.07, 6.45) is 0. The Hall–Kier alpha value is -5.56. The fraction of sp³-hybridized carbons (Fsp3) is 0.0526. The third kappa shape index (κ3) is 16.3. The zero-order valence-corrected chi connectivity index (χ0v) is 29.6. The number of hydrogen-bond donors (Lipinski definition) is 0. The van der Waals surface area contributed by atoms with Crippen LogP contribution in [0.5, 0.6) is 0 Å². The van der Waals surface area contributed by atoms with E-state index in [1.165, 1.54) is 11.1 Å². The molecule has 0 aliphatic rings. The average Bonchev–Trinajstić information content (AvgIpc) is 3.19. The molecule has 6 rings (SSSR count). The largest absolute Gasteiger partial charge is 0.278 e. The second-order valence-electron chi connectivity index (χ2n) is 10.1. The van der Waals surface area contributed by atoms with E-state index in [0.717, 1.165) is 24.3 Å². The van der Waals surface area contributed by atoms with Crippen molar-refractivity contribution >= 4 is 0 Å². The van der Waals surface area contributed by atoms with Gasteiger partial charge in [0.25, 0.3) is 0 Å². The fourth-order valence-electron chi connectivity index (χ4n) is 3.05. The van der Waals surface area contributed by atoms with Crippen LogP contribution in [0.2, 0.25) is 0 Å². The molecular formula is C38H16CuF20-4. The van der Waals surface area contributed by atoms with E-state index < -0.39 is 116 Å². The molecule has 6 aromatic rings. The summed E-state index contributed by atoms with van der Waals surface area (Å²) in [5.74, 6) is -40.2. The maximum absolute atomic E-state index is 12.0. The second-order valence-corrected chi connectivity index (χ2v) is 10.1. The SMILES string of the molecule is Cc1ccccc1.Cc1ccccc1.Fc1[c-]c(F)c(F)c(F)c1F.Fc1[c-]c(F)c(F)c(F)c1F.Fc1[c-]c(F)c(F)c(F)c1F.Fc1[c-]c(F)c(F)c(F)c1F.[Cu]. The topological polar surface area (TPSA) is 0 Å². The molecule has 0 unspecified atom stereocenters. The van der Waals surface area contributed by atoms with Gasteiger partial charge in [0.15, 0.2) is 0 Å². The van der Waals surface area contributed by atoms with Crippen molar-refractivity contribution in [1.29, 1.82) is 0 Å². The Morgan fingerprint density at radius 3 is 0.475 bits per heavy atom. The standard InChI is InChI=1S/2C7H8.4C6F5.Cu/c2*1-7-5-3-2-4-6-7;4*7-2-1-3(8)5(10)6(11)4(2)9;/h2*2-6H,1H3;;;;;/q;;4*-1;. The van der Waals surface area contributed by atoms with Crippen molar-refractivity contribution in [3.05, 3.63) is 212 Å². The normalized spacial score (nSPS) is 9.73. The summed E-state index contributed by atoms with van der Waals surface area (Å²) < 4.78 is 239. The molecule has 0 aliphatic heterocycles. The monoisotopic (exact) mass is 915 g/mol. The van der Waals surface area contributed by atoms with Crippen LogP contribution in [0, 0.1) is 154 Å². The Morgan fingerprint density at radius 2 is 0.373 bits per heavy atom. The third-order valence-electron chi connectivity index (χ3n) is 5.84. The number of aryl methyl sites for hydroxylation is 2. The van der Waals surface area contributed by atoms with Gasteiger partial charge in [-0.1, -0.05) is 71.8 Å². The molecule has 0 saturated heterocycles. The van der Waals surface area contributed by atoms with Gasteiger partial charge in [-0.05, 0) is 13.8 Å². The van der Waals surface area contributed by atoms with Crippen LogP contribution < -0.4 is 0 Å². The summed E-state index contributed by atoms with van der Waals surface area (Å²) in [5.41, 5.74) is 2.64. The van der Waals surface area contributed by atoms with Crippen molar-refractivity contribution in [1.82, 2.24) is 0 Å². The summed E-state index contributed by atoms with van der Waals surface area (Å²) in [6.45, 7) is 4.17. The Kier molecular flexibility index (Phi) is 22.7. The number of hydrogen-bond acceptors (Lipinski definition) is 0. The van der Waals surface area contributed by atoms with Crippen LogP contribution in [0.3, 0.4) is 0 Å². The van der Waals surface area contributed by atoms with E-state index in [-0.39, 0.29) is 17.1 Å². The minimum atomic E-state index is -2.17. The summed E-state index contributed by atoms with van der Waals surface area (Å²) >= 11 is 0. The molecule has 0 aliphatic carbocycles. The summed E-state index contributed by atoms with van der Waals surface area (Å²) in [6, 6.07) is 24.6. The molecule has 0 atom stereocenters. The fourth-order valence-corrected chi connectivity index (χ4v) is 3.05. The minimum Gasteiger partial charge on any atom is -0.278 e. The van der Waals surface area contributed by atoms with Crippen molar-refractivity contribution in [3.63, 3.8) is 0 Å². The van der Waals surface area contributed by atoms with Crippen LogP contribution >= 0.6 is 0 Å². The first kappa shape index (κ1) is 53.4. The van der Waals surface area contributed by atoms with Gasteiger partial charge in [0.1, 0.15) is 0 Å². The third-order valence-corrected chi connectivity index (χ3v) is 5.84. The first-order valence-corrected chi connectivity index (χ1v) is 14.6. The van der Waals surface area contributed by atoms with Gasteiger partial charge < -0.3 is 0 Å². The van der Waals surface area contributed by atoms with Gasteiger partial charge in [0.05, 0.1) is 116 Å². The molecule has 0 heterocycles. The summed E-state index contributed by atoms with van der Waals surface area (Å²) in [5, 5.41) is 0. The summed E-state index contributed by atoms with van der Waals surface area (Å²) in [4.78, 5) is 0. The van der Waals surface area contributed by atoms with Gasteiger partial charge in [-0.25, -0.2) is 52.7 Å². The van der Waals surface area contributed by atoms with Gasteiger partial charge in [-0.15, -0.1) is 24.3 Å². The molecule has 21 heteroatoms. The Balaban J connectivity index is 0.000000688. The average molecular weight is 916 g/mol. The quantitative estimate of drug-likeness (QED) is 0.0468. The predicted octanol–water partition coefficient (Wildman–Crippen LogP) is 12.7. The second kappa shape index (κ2) is 25.0. The van der Waals surface area contributed by atoms with Crippen molar-refractivity contribution in [2.45, 2.75) is 13.8 Å². The van der Waals surface area contributed by atoms with E-state index in [1.807, 2.05) is 36.4 Å². The van der Waals surface area contributed by atoms with Gasteiger partial charge in [0.2, 0.25) is 0 Å². The minimum absolute atomic E-state index is 0. The smallest absolute Gasteiger partial charge is 0.0893 e. The van der Waals surface area contributed by atoms with E-state index in [0.29, 0.717) is 0 Å². The maximum atomic E-state index is 12.0. The molecule has 0 saturated carbocycles. The Morgan fingerprint density at radius 1 is 0.237 bits per heavy atom. The van der Waals surface area contributed by atoms with E-state index >= 15 is 0 Å².